The molecule has 1 aromatic rings. The number of aromatic nitrogens is 1. The van der Waals surface area contributed by atoms with Crippen LogP contribution in [0.2, 0.25) is 0 Å². The summed E-state index contributed by atoms with van der Waals surface area (Å²) in [5.74, 6) is 0.625. The fraction of sp³-hybridized carbons (Fsp3) is 0.700. The van der Waals surface area contributed by atoms with Crippen molar-refractivity contribution in [2.75, 3.05) is 23.9 Å². The summed E-state index contributed by atoms with van der Waals surface area (Å²) >= 11 is 3.06. The van der Waals surface area contributed by atoms with Gasteiger partial charge in [0.25, 0.3) is 0 Å². The van der Waals surface area contributed by atoms with Crippen LogP contribution in [0.3, 0.4) is 0 Å². The van der Waals surface area contributed by atoms with Gasteiger partial charge >= 0.3 is 0 Å². The lowest BCUT2D eigenvalue weighted by Gasteiger charge is -2.20. The molecule has 0 spiro atoms. The van der Waals surface area contributed by atoms with Crippen molar-refractivity contribution in [3.63, 3.8) is 0 Å². The summed E-state index contributed by atoms with van der Waals surface area (Å²) in [6.07, 6.45) is 4.63. The lowest BCUT2D eigenvalue weighted by Crippen LogP contribution is -2.29. The maximum atomic E-state index is 5.79. The van der Waals surface area contributed by atoms with E-state index in [0.717, 1.165) is 29.3 Å². The van der Waals surface area contributed by atoms with Crippen LogP contribution >= 0.6 is 23.3 Å². The van der Waals surface area contributed by atoms with Gasteiger partial charge in [-0.1, -0.05) is 0 Å². The van der Waals surface area contributed by atoms with Crippen LogP contribution in [-0.2, 0) is 4.74 Å². The lowest BCUT2D eigenvalue weighted by atomic mass is 10.1. The first-order valence-electron chi connectivity index (χ1n) is 5.39. The Balaban J connectivity index is 2.02. The van der Waals surface area contributed by atoms with Crippen LogP contribution in [-0.4, -0.2) is 29.4 Å². The lowest BCUT2D eigenvalue weighted by molar-refractivity contribution is 0.0997. The minimum Gasteiger partial charge on any atom is -0.382 e. The SMILES string of the molecule is CSc1c(N)nsc1NC(C)C1CCCO1. The first-order chi connectivity index (χ1) is 7.72. The van der Waals surface area contributed by atoms with Gasteiger partial charge in [-0.3, -0.25) is 0 Å². The van der Waals surface area contributed by atoms with Crippen LogP contribution in [0.1, 0.15) is 19.8 Å². The molecular weight excluding hydrogens is 242 g/mol. The molecule has 0 bridgehead atoms. The van der Waals surface area contributed by atoms with Crippen LogP contribution in [0.15, 0.2) is 4.90 Å². The molecule has 2 unspecified atom stereocenters. The number of nitrogen functional groups attached to an aromatic ring is 1. The Morgan fingerprint density at radius 2 is 2.50 bits per heavy atom. The Bertz CT molecular complexity index is 350. The monoisotopic (exact) mass is 259 g/mol. The molecule has 0 aliphatic carbocycles. The van der Waals surface area contributed by atoms with E-state index in [1.165, 1.54) is 11.5 Å². The van der Waals surface area contributed by atoms with E-state index in [1.54, 1.807) is 11.8 Å². The molecule has 1 fully saturated rings. The molecule has 6 heteroatoms. The highest BCUT2D eigenvalue weighted by Crippen LogP contribution is 2.35. The number of thioether (sulfide) groups is 1. The highest BCUT2D eigenvalue weighted by Gasteiger charge is 2.23. The zero-order valence-electron chi connectivity index (χ0n) is 9.53. The number of ether oxygens (including phenoxy) is 1. The average molecular weight is 259 g/mol. The maximum Gasteiger partial charge on any atom is 0.153 e. The Hall–Kier alpha value is -0.460. The van der Waals surface area contributed by atoms with Gasteiger partial charge in [-0.05, 0) is 37.6 Å². The number of rotatable bonds is 4. The molecule has 1 aliphatic heterocycles. The van der Waals surface area contributed by atoms with Gasteiger partial charge in [0.15, 0.2) is 5.82 Å². The van der Waals surface area contributed by atoms with Crippen molar-refractivity contribution in [3.05, 3.63) is 0 Å². The number of nitrogens with two attached hydrogens (primary N) is 1. The summed E-state index contributed by atoms with van der Waals surface area (Å²) in [6.45, 7) is 3.03. The highest BCUT2D eigenvalue weighted by atomic mass is 32.2. The summed E-state index contributed by atoms with van der Waals surface area (Å²) in [5.41, 5.74) is 5.79. The standard InChI is InChI=1S/C10H17N3OS2/c1-6(7-4-3-5-14-7)12-10-8(15-2)9(11)13-16-10/h6-7,12H,3-5H2,1-2H3,(H2,11,13). The molecule has 0 radical (unpaired) electrons. The van der Waals surface area contributed by atoms with Crippen molar-refractivity contribution in [1.82, 2.24) is 4.37 Å². The fourth-order valence-electron chi connectivity index (χ4n) is 1.88. The zero-order chi connectivity index (χ0) is 11.5. The van der Waals surface area contributed by atoms with Crippen molar-refractivity contribution in [1.29, 1.82) is 0 Å². The predicted molar refractivity (Wildman–Crippen MR) is 70.4 cm³/mol. The van der Waals surface area contributed by atoms with Crippen LogP contribution < -0.4 is 11.1 Å². The Morgan fingerprint density at radius 3 is 3.12 bits per heavy atom. The third kappa shape index (κ3) is 2.44. The van der Waals surface area contributed by atoms with Gasteiger partial charge in [0, 0.05) is 6.61 Å². The first kappa shape index (κ1) is 12.0. The van der Waals surface area contributed by atoms with Gasteiger partial charge in [-0.15, -0.1) is 11.8 Å². The molecule has 90 valence electrons. The number of hydrogen-bond donors (Lipinski definition) is 2. The molecule has 16 heavy (non-hydrogen) atoms. The first-order valence-corrected chi connectivity index (χ1v) is 7.39. The van der Waals surface area contributed by atoms with Crippen molar-refractivity contribution in [2.24, 2.45) is 0 Å². The van der Waals surface area contributed by atoms with Gasteiger partial charge in [0.2, 0.25) is 0 Å². The van der Waals surface area contributed by atoms with E-state index in [4.69, 9.17) is 10.5 Å². The summed E-state index contributed by atoms with van der Waals surface area (Å²) in [6, 6.07) is 0.313. The molecule has 2 atom stereocenters. The zero-order valence-corrected chi connectivity index (χ0v) is 11.2. The summed E-state index contributed by atoms with van der Waals surface area (Å²) < 4.78 is 9.81. The molecule has 0 aromatic carbocycles. The van der Waals surface area contributed by atoms with E-state index in [2.05, 4.69) is 16.6 Å². The van der Waals surface area contributed by atoms with Crippen LogP contribution in [0.4, 0.5) is 10.8 Å². The average Bonchev–Trinajstić information content (AvgIpc) is 2.88. The fourth-order valence-corrected chi connectivity index (χ4v) is 3.51. The molecule has 3 N–H and O–H groups in total. The van der Waals surface area contributed by atoms with Gasteiger partial charge in [0.1, 0.15) is 5.00 Å². The summed E-state index contributed by atoms with van der Waals surface area (Å²) in [5, 5.41) is 4.52. The Kier molecular flexibility index (Phi) is 3.94. The van der Waals surface area contributed by atoms with Crippen molar-refractivity contribution >= 4 is 34.1 Å². The summed E-state index contributed by atoms with van der Waals surface area (Å²) in [7, 11) is 0. The number of hydrogen-bond acceptors (Lipinski definition) is 6. The van der Waals surface area contributed by atoms with Crippen molar-refractivity contribution < 1.29 is 4.74 Å². The normalized spacial score (nSPS) is 22.2. The van der Waals surface area contributed by atoms with E-state index in [1.807, 2.05) is 6.26 Å². The maximum absolute atomic E-state index is 5.79. The number of anilines is 2. The van der Waals surface area contributed by atoms with Gasteiger partial charge in [-0.2, -0.15) is 4.37 Å². The van der Waals surface area contributed by atoms with Crippen LogP contribution in [0.5, 0.6) is 0 Å². The molecule has 0 saturated carbocycles. The molecule has 1 saturated heterocycles. The third-order valence-electron chi connectivity index (χ3n) is 2.76. The smallest absolute Gasteiger partial charge is 0.153 e. The molecule has 1 aliphatic rings. The van der Waals surface area contributed by atoms with Gasteiger partial charge in [0.05, 0.1) is 17.0 Å². The third-order valence-corrected chi connectivity index (χ3v) is 4.50. The largest absolute Gasteiger partial charge is 0.382 e. The van der Waals surface area contributed by atoms with E-state index in [-0.39, 0.29) is 0 Å². The predicted octanol–water partition coefficient (Wildman–Crippen LogP) is 2.43. The van der Waals surface area contributed by atoms with Crippen LogP contribution in [0.25, 0.3) is 0 Å². The van der Waals surface area contributed by atoms with E-state index in [9.17, 15) is 0 Å². The van der Waals surface area contributed by atoms with Crippen LogP contribution in [0, 0.1) is 0 Å². The van der Waals surface area contributed by atoms with E-state index < -0.39 is 0 Å². The molecule has 2 rings (SSSR count). The summed E-state index contributed by atoms with van der Waals surface area (Å²) in [4.78, 5) is 1.05. The van der Waals surface area contributed by atoms with Gasteiger partial charge in [-0.25, -0.2) is 0 Å². The minimum atomic E-state index is 0.313. The second-order valence-electron chi connectivity index (χ2n) is 3.91. The Morgan fingerprint density at radius 1 is 1.69 bits per heavy atom. The van der Waals surface area contributed by atoms with E-state index >= 15 is 0 Å². The van der Waals surface area contributed by atoms with Crippen molar-refractivity contribution in [3.8, 4) is 0 Å². The minimum absolute atomic E-state index is 0.313. The van der Waals surface area contributed by atoms with E-state index in [0.29, 0.717) is 18.0 Å². The Labute approximate surface area is 104 Å². The molecule has 4 nitrogen and oxygen atoms in total. The molecular formula is C10H17N3OS2. The number of nitrogens with one attached hydrogen (secondary N) is 1. The molecule has 0 amide bonds. The van der Waals surface area contributed by atoms with Crippen molar-refractivity contribution in [2.45, 2.75) is 36.8 Å². The number of nitrogens with zero attached hydrogens (tertiary/aromatic N) is 1. The highest BCUT2D eigenvalue weighted by molar-refractivity contribution is 7.99. The second-order valence-corrected chi connectivity index (χ2v) is 5.50. The molecule has 2 heterocycles. The molecule has 1 aromatic heterocycles. The van der Waals surface area contributed by atoms with Gasteiger partial charge < -0.3 is 15.8 Å². The topological polar surface area (TPSA) is 60.2 Å². The second kappa shape index (κ2) is 5.25. The quantitative estimate of drug-likeness (QED) is 0.813.